The average molecular weight is 473 g/mol. The van der Waals surface area contributed by atoms with E-state index < -0.39 is 0 Å². The molecule has 0 bridgehead atoms. The molecule has 3 heteroatoms. The van der Waals surface area contributed by atoms with Crippen LogP contribution in [-0.2, 0) is 19.2 Å². The molecule has 0 aromatic heterocycles. The van der Waals surface area contributed by atoms with E-state index >= 15 is 0 Å². The van der Waals surface area contributed by atoms with Crippen molar-refractivity contribution >= 4 is 0 Å². The van der Waals surface area contributed by atoms with E-state index in [-0.39, 0.29) is 44.0 Å². The Hall–Kier alpha value is 0.254. The molecule has 0 aromatic carbocycles. The van der Waals surface area contributed by atoms with Gasteiger partial charge in [-0.25, -0.2) is 0 Å². The van der Waals surface area contributed by atoms with E-state index in [1.54, 1.807) is 22.3 Å². The maximum atomic E-state index is 2.59. The maximum Gasteiger partial charge on any atom is -1.00 e. The van der Waals surface area contributed by atoms with Crippen LogP contribution >= 0.6 is 0 Å². The standard InChI is InChI=1S/2C13H21.2ClH.Ti/c2*1-3-5-6-7-9-13-11-8-10-12(13)4-2;;;/h2*11H,3-9H2,1-2H3;2*1H;/q;;;;+2/p-2. The minimum absolute atomic E-state index is 0. The second kappa shape index (κ2) is 16.9. The molecule has 0 amide bonds. The van der Waals surface area contributed by atoms with Gasteiger partial charge in [0.15, 0.2) is 0 Å². The van der Waals surface area contributed by atoms with Gasteiger partial charge in [-0.05, 0) is 0 Å². The first kappa shape index (κ1) is 29.3. The molecule has 2 aliphatic carbocycles. The number of halogens is 2. The summed E-state index contributed by atoms with van der Waals surface area (Å²) in [5.41, 5.74) is 6.98. The summed E-state index contributed by atoms with van der Waals surface area (Å²) in [4.78, 5) is 0. The Morgan fingerprint density at radius 1 is 0.621 bits per heavy atom. The molecule has 0 aliphatic heterocycles. The minimum Gasteiger partial charge on any atom is -1.00 e. The van der Waals surface area contributed by atoms with E-state index in [1.807, 2.05) is 7.76 Å². The SMILES string of the molecule is CCCCCCC1=CC[C]([Ti+2][C]2=C(CC)C(CCCCCC)=CC2)=C1CC.[Cl-].[Cl-]. The summed E-state index contributed by atoms with van der Waals surface area (Å²) in [6.45, 7) is 9.38. The first-order valence-corrected chi connectivity index (χ1v) is 13.4. The second-order valence-corrected chi connectivity index (χ2v) is 10.5. The van der Waals surface area contributed by atoms with E-state index in [0.717, 1.165) is 0 Å². The molecule has 0 N–H and O–H groups in total. The summed E-state index contributed by atoms with van der Waals surface area (Å²) in [5, 5.41) is 0. The Morgan fingerprint density at radius 2 is 1.03 bits per heavy atom. The van der Waals surface area contributed by atoms with Crippen LogP contribution in [0.4, 0.5) is 0 Å². The Morgan fingerprint density at radius 3 is 1.38 bits per heavy atom. The van der Waals surface area contributed by atoms with Crippen LogP contribution in [-0.4, -0.2) is 0 Å². The summed E-state index contributed by atoms with van der Waals surface area (Å²) in [6, 6.07) is 0. The predicted octanol–water partition coefficient (Wildman–Crippen LogP) is 3.01. The molecule has 0 spiro atoms. The molecule has 164 valence electrons. The first-order chi connectivity index (χ1) is 13.2. The fourth-order valence-electron chi connectivity index (χ4n) is 4.64. The van der Waals surface area contributed by atoms with Crippen LogP contribution in [0, 0.1) is 0 Å². The Balaban J connectivity index is 0.00000392. The Kier molecular flexibility index (Phi) is 17.0. The quantitative estimate of drug-likeness (QED) is 0.269. The molecule has 2 aliphatic rings. The molecule has 2 rings (SSSR count). The van der Waals surface area contributed by atoms with Crippen LogP contribution in [0.15, 0.2) is 42.2 Å². The van der Waals surface area contributed by atoms with Gasteiger partial charge in [0.1, 0.15) is 0 Å². The van der Waals surface area contributed by atoms with Crippen molar-refractivity contribution in [2.75, 3.05) is 0 Å². The smallest absolute Gasteiger partial charge is 1.00 e. The number of unbranched alkanes of at least 4 members (excludes halogenated alkanes) is 6. The molecule has 0 nitrogen and oxygen atoms in total. The average Bonchev–Trinajstić information content (AvgIpc) is 3.25. The molecule has 0 unspecified atom stereocenters. The fourth-order valence-corrected chi connectivity index (χ4v) is 7.37. The zero-order valence-corrected chi connectivity index (χ0v) is 22.4. The van der Waals surface area contributed by atoms with E-state index in [4.69, 9.17) is 0 Å². The number of rotatable bonds is 14. The van der Waals surface area contributed by atoms with Crippen LogP contribution in [0.3, 0.4) is 0 Å². The summed E-state index contributed by atoms with van der Waals surface area (Å²) < 4.78 is 3.73. The summed E-state index contributed by atoms with van der Waals surface area (Å²) >= 11 is -0.0796. The summed E-state index contributed by atoms with van der Waals surface area (Å²) in [7, 11) is 0. The molecule has 0 heterocycles. The van der Waals surface area contributed by atoms with Crippen LogP contribution in [0.2, 0.25) is 0 Å². The fraction of sp³-hybridized carbons (Fsp3) is 0.692. The third-order valence-electron chi connectivity index (χ3n) is 6.22. The Labute approximate surface area is 202 Å². The van der Waals surface area contributed by atoms with Gasteiger partial charge in [-0.2, -0.15) is 0 Å². The van der Waals surface area contributed by atoms with Crippen molar-refractivity contribution in [3.8, 4) is 0 Å². The predicted molar refractivity (Wildman–Crippen MR) is 118 cm³/mol. The molecule has 0 saturated carbocycles. The van der Waals surface area contributed by atoms with Crippen molar-refractivity contribution in [1.29, 1.82) is 0 Å². The molecule has 0 fully saturated rings. The Bertz CT molecular complexity index is 544. The second-order valence-electron chi connectivity index (χ2n) is 8.23. The monoisotopic (exact) mass is 472 g/mol. The molecule has 0 atom stereocenters. The topological polar surface area (TPSA) is 0 Å². The van der Waals surface area contributed by atoms with E-state index in [0.29, 0.717) is 0 Å². The normalized spacial score (nSPS) is 15.7. The molecule has 0 saturated heterocycles. The van der Waals surface area contributed by atoms with Crippen LogP contribution < -0.4 is 24.8 Å². The third kappa shape index (κ3) is 9.10. The van der Waals surface area contributed by atoms with Gasteiger partial charge in [-0.15, -0.1) is 0 Å². The molecular weight excluding hydrogens is 431 g/mol. The third-order valence-corrected chi connectivity index (χ3v) is 8.74. The van der Waals surface area contributed by atoms with Gasteiger partial charge in [-0.1, -0.05) is 0 Å². The molecule has 0 aromatic rings. The summed E-state index contributed by atoms with van der Waals surface area (Å²) in [6.07, 6.45) is 24.0. The van der Waals surface area contributed by atoms with Gasteiger partial charge in [0.25, 0.3) is 0 Å². The van der Waals surface area contributed by atoms with Gasteiger partial charge in [0.2, 0.25) is 0 Å². The van der Waals surface area contributed by atoms with Crippen molar-refractivity contribution in [1.82, 2.24) is 0 Å². The summed E-state index contributed by atoms with van der Waals surface area (Å²) in [5.74, 6) is 0. The zero-order valence-electron chi connectivity index (χ0n) is 19.3. The van der Waals surface area contributed by atoms with Gasteiger partial charge >= 0.3 is 179 Å². The van der Waals surface area contributed by atoms with E-state index in [9.17, 15) is 0 Å². The minimum atomic E-state index is -0.0796. The molecule has 29 heavy (non-hydrogen) atoms. The van der Waals surface area contributed by atoms with Crippen LogP contribution in [0.1, 0.15) is 118 Å². The van der Waals surface area contributed by atoms with Crippen LogP contribution in [0.5, 0.6) is 0 Å². The van der Waals surface area contributed by atoms with Crippen molar-refractivity contribution in [3.63, 3.8) is 0 Å². The van der Waals surface area contributed by atoms with Crippen molar-refractivity contribution < 1.29 is 44.0 Å². The number of hydrogen-bond donors (Lipinski definition) is 0. The van der Waals surface area contributed by atoms with Gasteiger partial charge in [-0.3, -0.25) is 0 Å². The van der Waals surface area contributed by atoms with Gasteiger partial charge in [0.05, 0.1) is 0 Å². The molecular formula is C26H42Cl2Ti. The van der Waals surface area contributed by atoms with E-state index in [2.05, 4.69) is 39.8 Å². The van der Waals surface area contributed by atoms with E-state index in [1.165, 1.54) is 89.9 Å². The number of allylic oxidation sites excluding steroid dienone is 8. The van der Waals surface area contributed by atoms with Crippen LogP contribution in [0.25, 0.3) is 0 Å². The largest absolute Gasteiger partial charge is 1.00 e. The maximum absolute atomic E-state index is 2.59. The van der Waals surface area contributed by atoms with Gasteiger partial charge in [0, 0.05) is 0 Å². The molecule has 0 radical (unpaired) electrons. The first-order valence-electron chi connectivity index (χ1n) is 11.8. The number of hydrogen-bond acceptors (Lipinski definition) is 0. The van der Waals surface area contributed by atoms with Crippen molar-refractivity contribution in [2.24, 2.45) is 0 Å². The zero-order chi connectivity index (χ0) is 19.5. The van der Waals surface area contributed by atoms with Gasteiger partial charge < -0.3 is 24.8 Å². The van der Waals surface area contributed by atoms with Crippen molar-refractivity contribution in [3.05, 3.63) is 42.2 Å². The van der Waals surface area contributed by atoms with Crippen molar-refractivity contribution in [2.45, 2.75) is 118 Å².